The van der Waals surface area contributed by atoms with E-state index in [4.69, 9.17) is 0 Å². The van der Waals surface area contributed by atoms with Gasteiger partial charge in [0, 0.05) is 21.2 Å². The normalized spacial score (nSPS) is 11.8. The summed E-state index contributed by atoms with van der Waals surface area (Å²) in [6.45, 7) is 18.8. The molecule has 0 aromatic carbocycles. The van der Waals surface area contributed by atoms with Crippen LogP contribution in [0.4, 0.5) is 0 Å². The standard InChI is InChI=1S/C15H33NSi/c1-14(2)12-16(13-15(3)4)10-8-9-11-17(5,6)7/h12,15H,8-11,13H2,1-7H3. The monoisotopic (exact) mass is 255 g/mol. The van der Waals surface area contributed by atoms with E-state index in [-0.39, 0.29) is 0 Å². The zero-order chi connectivity index (χ0) is 13.5. The molecule has 0 aliphatic heterocycles. The molecule has 0 N–H and O–H groups in total. The third-order valence-electron chi connectivity index (χ3n) is 2.66. The highest BCUT2D eigenvalue weighted by Gasteiger charge is 2.12. The highest BCUT2D eigenvalue weighted by Crippen LogP contribution is 2.13. The van der Waals surface area contributed by atoms with Gasteiger partial charge in [0.2, 0.25) is 0 Å². The summed E-state index contributed by atoms with van der Waals surface area (Å²) in [6, 6.07) is 1.47. The van der Waals surface area contributed by atoms with Gasteiger partial charge in [0.05, 0.1) is 0 Å². The van der Waals surface area contributed by atoms with Gasteiger partial charge in [-0.05, 0) is 32.4 Å². The first-order valence-corrected chi connectivity index (χ1v) is 10.8. The molecule has 0 heterocycles. The summed E-state index contributed by atoms with van der Waals surface area (Å²) in [5, 5.41) is 0. The van der Waals surface area contributed by atoms with Crippen LogP contribution in [0.15, 0.2) is 11.8 Å². The van der Waals surface area contributed by atoms with Crippen molar-refractivity contribution in [3.05, 3.63) is 11.8 Å². The topological polar surface area (TPSA) is 3.24 Å². The smallest absolute Gasteiger partial charge is 0.0442 e. The number of nitrogens with zero attached hydrogens (tertiary/aromatic N) is 1. The quantitative estimate of drug-likeness (QED) is 0.436. The van der Waals surface area contributed by atoms with Crippen LogP contribution in [0, 0.1) is 5.92 Å². The van der Waals surface area contributed by atoms with Crippen molar-refractivity contribution >= 4 is 8.07 Å². The molecule has 0 atom stereocenters. The fourth-order valence-corrected chi connectivity index (χ4v) is 3.32. The van der Waals surface area contributed by atoms with E-state index in [1.165, 1.54) is 37.5 Å². The number of unbranched alkanes of at least 4 members (excludes halogenated alkanes) is 1. The minimum Gasteiger partial charge on any atom is -0.377 e. The van der Waals surface area contributed by atoms with Gasteiger partial charge in [-0.25, -0.2) is 0 Å². The molecule has 0 radical (unpaired) electrons. The molecule has 0 amide bonds. The Morgan fingerprint density at radius 2 is 1.71 bits per heavy atom. The SMILES string of the molecule is CC(C)=CN(CCCC[Si](C)(C)C)CC(C)C. The van der Waals surface area contributed by atoms with Crippen molar-refractivity contribution in [1.82, 2.24) is 4.90 Å². The van der Waals surface area contributed by atoms with E-state index in [1.807, 2.05) is 0 Å². The van der Waals surface area contributed by atoms with Crippen molar-refractivity contribution in [2.45, 2.75) is 66.2 Å². The second-order valence-electron chi connectivity index (χ2n) is 7.11. The summed E-state index contributed by atoms with van der Waals surface area (Å²) >= 11 is 0. The van der Waals surface area contributed by atoms with Crippen molar-refractivity contribution in [3.8, 4) is 0 Å². The Balaban J connectivity index is 3.96. The first-order valence-electron chi connectivity index (χ1n) is 7.10. The number of hydrogen-bond donors (Lipinski definition) is 0. The van der Waals surface area contributed by atoms with Crippen LogP contribution in [0.1, 0.15) is 40.5 Å². The van der Waals surface area contributed by atoms with Crippen LogP contribution in [-0.4, -0.2) is 26.1 Å². The number of allylic oxidation sites excluding steroid dienone is 1. The summed E-state index contributed by atoms with van der Waals surface area (Å²) in [5.74, 6) is 0.752. The summed E-state index contributed by atoms with van der Waals surface area (Å²) in [7, 11) is -0.827. The maximum atomic E-state index is 2.50. The molecule has 0 saturated heterocycles. The molecule has 102 valence electrons. The van der Waals surface area contributed by atoms with Crippen molar-refractivity contribution in [2.75, 3.05) is 13.1 Å². The first-order chi connectivity index (χ1) is 7.70. The van der Waals surface area contributed by atoms with Gasteiger partial charge in [-0.15, -0.1) is 0 Å². The van der Waals surface area contributed by atoms with Crippen molar-refractivity contribution in [1.29, 1.82) is 0 Å². The van der Waals surface area contributed by atoms with Gasteiger partial charge in [0.15, 0.2) is 0 Å². The van der Waals surface area contributed by atoms with Gasteiger partial charge in [-0.3, -0.25) is 0 Å². The van der Waals surface area contributed by atoms with Crippen LogP contribution in [0.3, 0.4) is 0 Å². The lowest BCUT2D eigenvalue weighted by Gasteiger charge is -2.24. The third kappa shape index (κ3) is 12.0. The molecule has 0 rings (SSSR count). The Labute approximate surface area is 110 Å². The van der Waals surface area contributed by atoms with Crippen LogP contribution >= 0.6 is 0 Å². The van der Waals surface area contributed by atoms with Crippen molar-refractivity contribution < 1.29 is 0 Å². The molecule has 1 nitrogen and oxygen atoms in total. The fraction of sp³-hybridized carbons (Fsp3) is 0.867. The Hall–Kier alpha value is -0.243. The second kappa shape index (κ2) is 7.96. The Morgan fingerprint density at radius 1 is 1.12 bits per heavy atom. The van der Waals surface area contributed by atoms with E-state index < -0.39 is 8.07 Å². The van der Waals surface area contributed by atoms with E-state index in [9.17, 15) is 0 Å². The van der Waals surface area contributed by atoms with Crippen LogP contribution in [-0.2, 0) is 0 Å². The average molecular weight is 256 g/mol. The summed E-state index contributed by atoms with van der Waals surface area (Å²) in [5.41, 5.74) is 1.41. The third-order valence-corrected chi connectivity index (χ3v) is 4.52. The maximum Gasteiger partial charge on any atom is 0.0442 e. The van der Waals surface area contributed by atoms with Gasteiger partial charge < -0.3 is 4.90 Å². The lowest BCUT2D eigenvalue weighted by molar-refractivity contribution is 0.323. The lowest BCUT2D eigenvalue weighted by atomic mass is 10.2. The van der Waals surface area contributed by atoms with E-state index in [2.05, 4.69) is 58.4 Å². The van der Waals surface area contributed by atoms with Crippen molar-refractivity contribution in [2.24, 2.45) is 5.92 Å². The molecule has 17 heavy (non-hydrogen) atoms. The van der Waals surface area contributed by atoms with Crippen LogP contribution in [0.5, 0.6) is 0 Å². The van der Waals surface area contributed by atoms with E-state index in [1.54, 1.807) is 0 Å². The Morgan fingerprint density at radius 3 is 2.12 bits per heavy atom. The molecule has 0 aromatic rings. The minimum atomic E-state index is -0.827. The molecule has 0 saturated carbocycles. The lowest BCUT2D eigenvalue weighted by Crippen LogP contribution is -2.25. The largest absolute Gasteiger partial charge is 0.377 e. The number of hydrogen-bond acceptors (Lipinski definition) is 1. The second-order valence-corrected chi connectivity index (χ2v) is 12.7. The molecule has 0 fully saturated rings. The summed E-state index contributed by atoms with van der Waals surface area (Å²) in [4.78, 5) is 2.50. The molecule has 0 bridgehead atoms. The summed E-state index contributed by atoms with van der Waals surface area (Å²) in [6.07, 6.45) is 5.08. The van der Waals surface area contributed by atoms with E-state index in [0.29, 0.717) is 0 Å². The van der Waals surface area contributed by atoms with Gasteiger partial charge in [-0.2, -0.15) is 0 Å². The Kier molecular flexibility index (Phi) is 7.85. The zero-order valence-electron chi connectivity index (χ0n) is 13.1. The molecule has 0 unspecified atom stereocenters. The van der Waals surface area contributed by atoms with Crippen LogP contribution in [0.2, 0.25) is 25.7 Å². The maximum absolute atomic E-state index is 2.50. The van der Waals surface area contributed by atoms with Crippen LogP contribution in [0.25, 0.3) is 0 Å². The minimum absolute atomic E-state index is 0.752. The fourth-order valence-electron chi connectivity index (χ4n) is 2.01. The first kappa shape index (κ1) is 16.8. The molecule has 2 heteroatoms. The highest BCUT2D eigenvalue weighted by molar-refractivity contribution is 6.76. The van der Waals surface area contributed by atoms with Crippen LogP contribution < -0.4 is 0 Å². The average Bonchev–Trinajstić information content (AvgIpc) is 2.08. The van der Waals surface area contributed by atoms with Gasteiger partial charge in [-0.1, -0.05) is 51.5 Å². The molecular weight excluding hydrogens is 222 g/mol. The molecular formula is C15H33NSi. The highest BCUT2D eigenvalue weighted by atomic mass is 28.3. The van der Waals surface area contributed by atoms with Gasteiger partial charge in [0.1, 0.15) is 0 Å². The van der Waals surface area contributed by atoms with E-state index >= 15 is 0 Å². The molecule has 0 aliphatic rings. The molecule has 0 aliphatic carbocycles. The predicted octanol–water partition coefficient (Wildman–Crippen LogP) is 4.99. The Bertz CT molecular complexity index is 222. The van der Waals surface area contributed by atoms with Gasteiger partial charge >= 0.3 is 0 Å². The molecule has 0 aromatic heterocycles. The zero-order valence-corrected chi connectivity index (χ0v) is 14.1. The summed E-state index contributed by atoms with van der Waals surface area (Å²) < 4.78 is 0. The predicted molar refractivity (Wildman–Crippen MR) is 83.2 cm³/mol. The number of rotatable bonds is 8. The van der Waals surface area contributed by atoms with E-state index in [0.717, 1.165) is 5.92 Å². The van der Waals surface area contributed by atoms with Crippen molar-refractivity contribution in [3.63, 3.8) is 0 Å². The van der Waals surface area contributed by atoms with Gasteiger partial charge in [0.25, 0.3) is 0 Å². The molecule has 0 spiro atoms.